The van der Waals surface area contributed by atoms with Crippen LogP contribution in [0.3, 0.4) is 0 Å². The summed E-state index contributed by atoms with van der Waals surface area (Å²) in [6.07, 6.45) is 0. The minimum atomic E-state index is 0.475. The van der Waals surface area contributed by atoms with Crippen LogP contribution in [0.4, 0.5) is 0 Å². The Labute approximate surface area is 124 Å². The van der Waals surface area contributed by atoms with Crippen molar-refractivity contribution in [3.05, 3.63) is 57.7 Å². The van der Waals surface area contributed by atoms with Gasteiger partial charge in [0.05, 0.1) is 5.52 Å². The number of hydrogen-bond donors (Lipinski definition) is 0. The number of fused-ring (bicyclic) bond motifs is 1. The number of nitrogens with zero attached hydrogens (tertiary/aromatic N) is 2. The van der Waals surface area contributed by atoms with Gasteiger partial charge in [-0.15, -0.1) is 0 Å². The van der Waals surface area contributed by atoms with Crippen molar-refractivity contribution in [2.24, 2.45) is 0 Å². The molecule has 2 aromatic carbocycles. The molecule has 0 amide bonds. The van der Waals surface area contributed by atoms with Gasteiger partial charge in [-0.3, -0.25) is 0 Å². The van der Waals surface area contributed by atoms with Crippen LogP contribution in [0.2, 0.25) is 5.15 Å². The van der Waals surface area contributed by atoms with Gasteiger partial charge in [-0.2, -0.15) is 0 Å². The molecule has 0 aliphatic rings. The first-order chi connectivity index (χ1) is 9.13. The normalized spacial score (nSPS) is 10.9. The van der Waals surface area contributed by atoms with Crippen molar-refractivity contribution >= 4 is 38.4 Å². The van der Waals surface area contributed by atoms with Crippen LogP contribution in [0, 0.1) is 6.92 Å². The Bertz CT molecular complexity index is 771. The van der Waals surface area contributed by atoms with Crippen molar-refractivity contribution in [1.82, 2.24) is 9.97 Å². The summed E-state index contributed by atoms with van der Waals surface area (Å²) >= 11 is 9.68. The van der Waals surface area contributed by atoms with Gasteiger partial charge < -0.3 is 0 Å². The van der Waals surface area contributed by atoms with Crippen LogP contribution in [-0.2, 0) is 0 Å². The average Bonchev–Trinajstić information content (AvgIpc) is 2.39. The Balaban J connectivity index is 2.24. The Morgan fingerprint density at radius 1 is 1.05 bits per heavy atom. The van der Waals surface area contributed by atoms with E-state index in [-0.39, 0.29) is 0 Å². The molecule has 0 saturated heterocycles. The Kier molecular flexibility index (Phi) is 3.25. The quantitative estimate of drug-likeness (QED) is 0.584. The molecule has 0 radical (unpaired) electrons. The number of hydrogen-bond acceptors (Lipinski definition) is 2. The molecular weight excluding hydrogens is 324 g/mol. The number of halogens is 2. The third kappa shape index (κ3) is 2.48. The first-order valence-electron chi connectivity index (χ1n) is 5.83. The maximum absolute atomic E-state index is 6.25. The third-order valence-electron chi connectivity index (χ3n) is 2.89. The van der Waals surface area contributed by atoms with Crippen LogP contribution in [0.5, 0.6) is 0 Å². The molecule has 1 aromatic heterocycles. The molecule has 94 valence electrons. The van der Waals surface area contributed by atoms with E-state index in [1.54, 1.807) is 0 Å². The third-order valence-corrected chi connectivity index (χ3v) is 3.67. The summed E-state index contributed by atoms with van der Waals surface area (Å²) in [6.45, 7) is 2.04. The van der Waals surface area contributed by atoms with E-state index in [9.17, 15) is 0 Å². The number of benzene rings is 2. The van der Waals surface area contributed by atoms with Gasteiger partial charge in [-0.05, 0) is 31.2 Å². The second-order valence-corrected chi connectivity index (χ2v) is 5.64. The van der Waals surface area contributed by atoms with Crippen LogP contribution >= 0.6 is 27.5 Å². The molecule has 2 nitrogen and oxygen atoms in total. The van der Waals surface area contributed by atoms with Crippen molar-refractivity contribution in [3.63, 3.8) is 0 Å². The molecule has 3 rings (SSSR count). The van der Waals surface area contributed by atoms with E-state index < -0.39 is 0 Å². The molecule has 0 aliphatic heterocycles. The lowest BCUT2D eigenvalue weighted by atomic mass is 10.1. The van der Waals surface area contributed by atoms with Gasteiger partial charge >= 0.3 is 0 Å². The first-order valence-corrected chi connectivity index (χ1v) is 7.00. The second-order valence-electron chi connectivity index (χ2n) is 4.37. The zero-order valence-corrected chi connectivity index (χ0v) is 12.5. The van der Waals surface area contributed by atoms with Crippen LogP contribution in [0.15, 0.2) is 46.9 Å². The van der Waals surface area contributed by atoms with Gasteiger partial charge in [0.1, 0.15) is 5.15 Å². The summed E-state index contributed by atoms with van der Waals surface area (Å²) in [5.74, 6) is 0.656. The molecule has 0 spiro atoms. The lowest BCUT2D eigenvalue weighted by Crippen LogP contribution is -1.92. The first kappa shape index (κ1) is 12.6. The highest BCUT2D eigenvalue weighted by Gasteiger charge is 2.08. The molecule has 0 fully saturated rings. The van der Waals surface area contributed by atoms with E-state index in [4.69, 9.17) is 11.6 Å². The van der Waals surface area contributed by atoms with Crippen molar-refractivity contribution < 1.29 is 0 Å². The van der Waals surface area contributed by atoms with E-state index in [2.05, 4.69) is 32.0 Å². The minimum Gasteiger partial charge on any atom is -0.228 e. The molecule has 3 aromatic rings. The molecule has 0 atom stereocenters. The molecule has 0 bridgehead atoms. The molecule has 0 N–H and O–H groups in total. The Hall–Kier alpha value is -1.45. The van der Waals surface area contributed by atoms with Gasteiger partial charge in [-0.1, -0.05) is 51.3 Å². The SMILES string of the molecule is Cc1cccc(-c2nc(Cl)c3cc(Br)ccc3n2)c1. The van der Waals surface area contributed by atoms with E-state index >= 15 is 0 Å². The maximum Gasteiger partial charge on any atom is 0.161 e. The molecule has 0 unspecified atom stereocenters. The predicted molar refractivity (Wildman–Crippen MR) is 82.4 cm³/mol. The van der Waals surface area contributed by atoms with Gasteiger partial charge in [0, 0.05) is 15.4 Å². The van der Waals surface area contributed by atoms with Crippen molar-refractivity contribution in [3.8, 4) is 11.4 Å². The zero-order chi connectivity index (χ0) is 13.4. The van der Waals surface area contributed by atoms with Crippen molar-refractivity contribution in [2.45, 2.75) is 6.92 Å². The number of rotatable bonds is 1. The highest BCUT2D eigenvalue weighted by Crippen LogP contribution is 2.27. The molecular formula is C15H10BrClN2. The smallest absolute Gasteiger partial charge is 0.161 e. The van der Waals surface area contributed by atoms with Crippen LogP contribution in [0.1, 0.15) is 5.56 Å². The average molecular weight is 334 g/mol. The molecule has 1 heterocycles. The van der Waals surface area contributed by atoms with Gasteiger partial charge in [0.25, 0.3) is 0 Å². The Morgan fingerprint density at radius 3 is 2.68 bits per heavy atom. The Morgan fingerprint density at radius 2 is 1.89 bits per heavy atom. The summed E-state index contributed by atoms with van der Waals surface area (Å²) in [4.78, 5) is 8.96. The minimum absolute atomic E-state index is 0.475. The van der Waals surface area contributed by atoms with Gasteiger partial charge in [0.2, 0.25) is 0 Å². The molecule has 4 heteroatoms. The molecule has 0 saturated carbocycles. The van der Waals surface area contributed by atoms with E-state index in [1.165, 1.54) is 5.56 Å². The summed E-state index contributed by atoms with van der Waals surface area (Å²) in [6, 6.07) is 13.9. The van der Waals surface area contributed by atoms with Crippen molar-refractivity contribution in [1.29, 1.82) is 0 Å². The van der Waals surface area contributed by atoms with Crippen LogP contribution in [0.25, 0.3) is 22.3 Å². The van der Waals surface area contributed by atoms with Gasteiger partial charge in [-0.25, -0.2) is 9.97 Å². The highest BCUT2D eigenvalue weighted by molar-refractivity contribution is 9.10. The maximum atomic E-state index is 6.25. The lowest BCUT2D eigenvalue weighted by Gasteiger charge is -2.05. The zero-order valence-electron chi connectivity index (χ0n) is 10.2. The number of aromatic nitrogens is 2. The number of aryl methyl sites for hydroxylation is 1. The standard InChI is InChI=1S/C15H10BrClN2/c1-9-3-2-4-10(7-9)15-18-13-6-5-11(16)8-12(13)14(17)19-15/h2-8H,1H3. The van der Waals surface area contributed by atoms with Crippen LogP contribution < -0.4 is 0 Å². The van der Waals surface area contributed by atoms with Crippen LogP contribution in [-0.4, -0.2) is 9.97 Å². The second kappa shape index (κ2) is 4.91. The summed E-state index contributed by atoms with van der Waals surface area (Å²) in [5.41, 5.74) is 3.00. The topological polar surface area (TPSA) is 25.8 Å². The van der Waals surface area contributed by atoms with E-state index in [0.29, 0.717) is 11.0 Å². The fourth-order valence-electron chi connectivity index (χ4n) is 1.98. The van der Waals surface area contributed by atoms with E-state index in [0.717, 1.165) is 20.9 Å². The summed E-state index contributed by atoms with van der Waals surface area (Å²) in [7, 11) is 0. The predicted octanol–water partition coefficient (Wildman–Crippen LogP) is 5.02. The summed E-state index contributed by atoms with van der Waals surface area (Å²) < 4.78 is 0.966. The fraction of sp³-hybridized carbons (Fsp3) is 0.0667. The van der Waals surface area contributed by atoms with E-state index in [1.807, 2.05) is 43.3 Å². The molecule has 0 aliphatic carbocycles. The monoisotopic (exact) mass is 332 g/mol. The molecule has 19 heavy (non-hydrogen) atoms. The fourth-order valence-corrected chi connectivity index (χ4v) is 2.57. The highest BCUT2D eigenvalue weighted by atomic mass is 79.9. The van der Waals surface area contributed by atoms with Gasteiger partial charge in [0.15, 0.2) is 5.82 Å². The largest absolute Gasteiger partial charge is 0.228 e. The lowest BCUT2D eigenvalue weighted by molar-refractivity contribution is 1.22. The van der Waals surface area contributed by atoms with Crippen molar-refractivity contribution in [2.75, 3.05) is 0 Å². The summed E-state index contributed by atoms with van der Waals surface area (Å²) in [5, 5.41) is 1.33.